The molecule has 0 aliphatic rings. The molecule has 0 saturated carbocycles. The third-order valence-corrected chi connectivity index (χ3v) is 7.10. The molecule has 3 aromatic carbocycles. The number of aryl methyl sites for hydroxylation is 3. The standard InChI is InChI=1S/C28H23Cl2FN6O2/c1-14-7-23-24(8-15(14)2)35-28(39)26(34-23)20(17-5-4-6-18(31)9-17)12-32-27(38)25-21(29)10-19(11-22(25)30)37-13-33-16(3)36-37/h4-11,13,20H,12H2,1-3H3,(H,32,38)(H,35,39)/t20-/m1/s1. The zero-order valence-corrected chi connectivity index (χ0v) is 22.7. The normalized spacial score (nSPS) is 12.1. The number of fused-ring (bicyclic) bond motifs is 1. The molecule has 1 atom stereocenters. The highest BCUT2D eigenvalue weighted by atomic mass is 35.5. The van der Waals surface area contributed by atoms with E-state index in [1.54, 1.807) is 31.2 Å². The molecular weight excluding hydrogens is 542 g/mol. The van der Waals surface area contributed by atoms with Crippen molar-refractivity contribution in [3.05, 3.63) is 115 Å². The van der Waals surface area contributed by atoms with Gasteiger partial charge in [-0.05, 0) is 73.9 Å². The fourth-order valence-corrected chi connectivity index (χ4v) is 5.00. The molecule has 2 aromatic heterocycles. The number of carbonyl (C=O) groups is 1. The van der Waals surface area contributed by atoms with Crippen LogP contribution >= 0.6 is 23.2 Å². The molecule has 11 heteroatoms. The average Bonchev–Trinajstić information content (AvgIpc) is 3.31. The van der Waals surface area contributed by atoms with Gasteiger partial charge in [0.25, 0.3) is 11.5 Å². The van der Waals surface area contributed by atoms with Gasteiger partial charge in [-0.25, -0.2) is 19.0 Å². The first-order valence-electron chi connectivity index (χ1n) is 12.0. The first-order valence-corrected chi connectivity index (χ1v) is 12.8. The lowest BCUT2D eigenvalue weighted by atomic mass is 9.95. The Morgan fingerprint density at radius 1 is 1.08 bits per heavy atom. The van der Waals surface area contributed by atoms with Crippen LogP contribution in [0.25, 0.3) is 16.7 Å². The van der Waals surface area contributed by atoms with Gasteiger partial charge in [0.15, 0.2) is 0 Å². The van der Waals surface area contributed by atoms with Crippen molar-refractivity contribution >= 4 is 40.1 Å². The fraction of sp³-hybridized carbons (Fsp3) is 0.179. The minimum Gasteiger partial charge on any atom is -0.351 e. The maximum atomic E-state index is 14.2. The molecule has 5 rings (SSSR count). The van der Waals surface area contributed by atoms with Crippen molar-refractivity contribution in [3.8, 4) is 5.69 Å². The number of H-pyrrole nitrogens is 1. The summed E-state index contributed by atoms with van der Waals surface area (Å²) in [5.41, 5.74) is 3.99. The van der Waals surface area contributed by atoms with Gasteiger partial charge in [0.2, 0.25) is 0 Å². The van der Waals surface area contributed by atoms with Gasteiger partial charge >= 0.3 is 0 Å². The van der Waals surface area contributed by atoms with Crippen molar-refractivity contribution in [2.75, 3.05) is 6.54 Å². The van der Waals surface area contributed by atoms with Gasteiger partial charge in [-0.2, -0.15) is 5.10 Å². The summed E-state index contributed by atoms with van der Waals surface area (Å²) in [6, 6.07) is 12.7. The highest BCUT2D eigenvalue weighted by Gasteiger charge is 2.24. The lowest BCUT2D eigenvalue weighted by Gasteiger charge is -2.19. The van der Waals surface area contributed by atoms with E-state index in [4.69, 9.17) is 23.2 Å². The minimum atomic E-state index is -0.755. The van der Waals surface area contributed by atoms with E-state index in [2.05, 4.69) is 25.4 Å². The highest BCUT2D eigenvalue weighted by molar-refractivity contribution is 6.40. The second-order valence-corrected chi connectivity index (χ2v) is 10.1. The van der Waals surface area contributed by atoms with Crippen LogP contribution in [-0.4, -0.2) is 37.2 Å². The lowest BCUT2D eigenvalue weighted by molar-refractivity contribution is 0.0952. The number of benzene rings is 3. The van der Waals surface area contributed by atoms with Gasteiger partial charge in [0.1, 0.15) is 23.7 Å². The third-order valence-electron chi connectivity index (χ3n) is 6.51. The van der Waals surface area contributed by atoms with E-state index >= 15 is 0 Å². The summed E-state index contributed by atoms with van der Waals surface area (Å²) < 4.78 is 15.7. The number of nitrogens with one attached hydrogen (secondary N) is 2. The first kappa shape index (κ1) is 26.5. The molecule has 0 unspecified atom stereocenters. The SMILES string of the molecule is Cc1ncn(-c2cc(Cl)c(C(=O)NC[C@H](c3cccc(F)c3)c3nc4cc(C)c(C)cc4[nH]c3=O)c(Cl)c2)n1. The Balaban J connectivity index is 1.49. The molecule has 0 aliphatic carbocycles. The summed E-state index contributed by atoms with van der Waals surface area (Å²) in [5, 5.41) is 7.25. The van der Waals surface area contributed by atoms with Crippen molar-refractivity contribution in [1.82, 2.24) is 30.0 Å². The number of aromatic nitrogens is 5. The van der Waals surface area contributed by atoms with Crippen LogP contribution in [0, 0.1) is 26.6 Å². The molecule has 0 spiro atoms. The van der Waals surface area contributed by atoms with E-state index in [0.29, 0.717) is 28.1 Å². The van der Waals surface area contributed by atoms with E-state index in [9.17, 15) is 14.0 Å². The van der Waals surface area contributed by atoms with Gasteiger partial charge in [-0.15, -0.1) is 0 Å². The van der Waals surface area contributed by atoms with Crippen LogP contribution in [0.5, 0.6) is 0 Å². The van der Waals surface area contributed by atoms with Gasteiger partial charge in [0.05, 0.1) is 32.3 Å². The zero-order valence-electron chi connectivity index (χ0n) is 21.2. The Labute approximate surface area is 232 Å². The minimum absolute atomic E-state index is 0.0587. The van der Waals surface area contributed by atoms with Crippen molar-refractivity contribution in [2.24, 2.45) is 0 Å². The topological polar surface area (TPSA) is 106 Å². The van der Waals surface area contributed by atoms with Crippen LogP contribution in [0.1, 0.15) is 44.5 Å². The quantitative estimate of drug-likeness (QED) is 0.286. The molecule has 1 amide bonds. The van der Waals surface area contributed by atoms with Crippen LogP contribution in [0.2, 0.25) is 10.0 Å². The number of hydrogen-bond acceptors (Lipinski definition) is 5. The second-order valence-electron chi connectivity index (χ2n) is 9.24. The van der Waals surface area contributed by atoms with Crippen LogP contribution in [-0.2, 0) is 0 Å². The maximum absolute atomic E-state index is 14.2. The summed E-state index contributed by atoms with van der Waals surface area (Å²) in [6.45, 7) is 5.58. The van der Waals surface area contributed by atoms with Crippen molar-refractivity contribution in [3.63, 3.8) is 0 Å². The molecule has 2 heterocycles. The van der Waals surface area contributed by atoms with Gasteiger partial charge < -0.3 is 10.3 Å². The molecule has 198 valence electrons. The van der Waals surface area contributed by atoms with E-state index in [1.165, 1.54) is 23.1 Å². The molecule has 0 aliphatic heterocycles. The predicted octanol–water partition coefficient (Wildman–Crippen LogP) is 5.44. The van der Waals surface area contributed by atoms with Crippen LogP contribution < -0.4 is 10.9 Å². The highest BCUT2D eigenvalue weighted by Crippen LogP contribution is 2.29. The number of carbonyl (C=O) groups excluding carboxylic acids is 1. The van der Waals surface area contributed by atoms with Crippen molar-refractivity contribution in [2.45, 2.75) is 26.7 Å². The molecular formula is C28H23Cl2FN6O2. The molecule has 39 heavy (non-hydrogen) atoms. The summed E-state index contributed by atoms with van der Waals surface area (Å²) in [4.78, 5) is 38.0. The number of rotatable bonds is 6. The number of amides is 1. The Bertz CT molecular complexity index is 1780. The molecule has 5 aromatic rings. The summed E-state index contributed by atoms with van der Waals surface area (Å²) in [5.74, 6) is -1.22. The summed E-state index contributed by atoms with van der Waals surface area (Å²) >= 11 is 12.9. The molecule has 0 bridgehead atoms. The molecule has 2 N–H and O–H groups in total. The Morgan fingerprint density at radius 3 is 2.46 bits per heavy atom. The summed E-state index contributed by atoms with van der Waals surface area (Å²) in [6.07, 6.45) is 1.51. The Kier molecular flexibility index (Phi) is 7.20. The Hall–Kier alpha value is -4.08. The number of halogens is 3. The molecule has 0 radical (unpaired) electrons. The summed E-state index contributed by atoms with van der Waals surface area (Å²) in [7, 11) is 0. The third kappa shape index (κ3) is 5.41. The smallest absolute Gasteiger partial charge is 0.270 e. The first-order chi connectivity index (χ1) is 18.6. The molecule has 0 saturated heterocycles. The van der Waals surface area contributed by atoms with Gasteiger partial charge in [-0.3, -0.25) is 9.59 Å². The predicted molar refractivity (Wildman–Crippen MR) is 149 cm³/mol. The van der Waals surface area contributed by atoms with Crippen molar-refractivity contribution in [1.29, 1.82) is 0 Å². The number of nitrogens with zero attached hydrogens (tertiary/aromatic N) is 4. The monoisotopic (exact) mass is 564 g/mol. The van der Waals surface area contributed by atoms with Gasteiger partial charge in [0, 0.05) is 12.5 Å². The van der Waals surface area contributed by atoms with Crippen LogP contribution in [0.15, 0.2) is 59.7 Å². The maximum Gasteiger partial charge on any atom is 0.270 e. The zero-order chi connectivity index (χ0) is 27.8. The second kappa shape index (κ2) is 10.6. The lowest BCUT2D eigenvalue weighted by Crippen LogP contribution is -2.32. The van der Waals surface area contributed by atoms with Gasteiger partial charge in [-0.1, -0.05) is 35.3 Å². The Morgan fingerprint density at radius 2 is 1.79 bits per heavy atom. The molecule has 8 nitrogen and oxygen atoms in total. The van der Waals surface area contributed by atoms with E-state index in [0.717, 1.165) is 11.1 Å². The number of aromatic amines is 1. The van der Waals surface area contributed by atoms with Crippen LogP contribution in [0.4, 0.5) is 4.39 Å². The average molecular weight is 565 g/mol. The fourth-order valence-electron chi connectivity index (χ4n) is 4.35. The molecule has 0 fully saturated rings. The number of hydrogen-bond donors (Lipinski definition) is 2. The largest absolute Gasteiger partial charge is 0.351 e. The van der Waals surface area contributed by atoms with E-state index in [-0.39, 0.29) is 27.8 Å². The van der Waals surface area contributed by atoms with E-state index < -0.39 is 23.2 Å². The van der Waals surface area contributed by atoms with Crippen LogP contribution in [0.3, 0.4) is 0 Å². The van der Waals surface area contributed by atoms with Crippen molar-refractivity contribution < 1.29 is 9.18 Å². The van der Waals surface area contributed by atoms with E-state index in [1.807, 2.05) is 26.0 Å².